The van der Waals surface area contributed by atoms with E-state index in [9.17, 15) is 4.39 Å². The van der Waals surface area contributed by atoms with E-state index in [4.69, 9.17) is 0 Å². The molecule has 4 aromatic carbocycles. The molecule has 1 aliphatic carbocycles. The summed E-state index contributed by atoms with van der Waals surface area (Å²) in [5.74, 6) is 4.88. The summed E-state index contributed by atoms with van der Waals surface area (Å²) in [7, 11) is 0. The minimum atomic E-state index is -0.420. The van der Waals surface area contributed by atoms with Gasteiger partial charge in [0.1, 0.15) is 17.5 Å². The highest BCUT2D eigenvalue weighted by Crippen LogP contribution is 2.35. The molecule has 4 aromatic rings. The Morgan fingerprint density at radius 1 is 0.632 bits per heavy atom. The second-order valence-electron chi connectivity index (χ2n) is 9.86. The van der Waals surface area contributed by atoms with Crippen LogP contribution in [0.25, 0.3) is 22.3 Å². The fourth-order valence-corrected chi connectivity index (χ4v) is 4.79. The average Bonchev–Trinajstić information content (AvgIpc) is 2.89. The van der Waals surface area contributed by atoms with Crippen LogP contribution >= 0.6 is 0 Å². The highest BCUT2D eigenvalue weighted by Gasteiger charge is 2.21. The predicted octanol–water partition coefficient (Wildman–Crippen LogP) is 9.62. The van der Waals surface area contributed by atoms with Gasteiger partial charge >= 0.3 is 0 Å². The van der Waals surface area contributed by atoms with Crippen molar-refractivity contribution in [2.45, 2.75) is 33.1 Å². The lowest BCUT2D eigenvalue weighted by atomic mass is 9.85. The predicted molar refractivity (Wildman–Crippen MR) is 149 cm³/mol. The molecule has 0 heterocycles. The van der Waals surface area contributed by atoms with Crippen LogP contribution in [0.5, 0.6) is 0 Å². The van der Waals surface area contributed by atoms with Gasteiger partial charge in [-0.25, -0.2) is 13.2 Å². The van der Waals surface area contributed by atoms with Crippen LogP contribution in [0.4, 0.5) is 13.2 Å². The van der Waals surface area contributed by atoms with E-state index in [1.165, 1.54) is 17.7 Å². The van der Waals surface area contributed by atoms with Crippen LogP contribution in [0.15, 0.2) is 108 Å². The highest BCUT2D eigenvalue weighted by molar-refractivity contribution is 5.71. The summed E-state index contributed by atoms with van der Waals surface area (Å²) in [6, 6.07) is 25.1. The van der Waals surface area contributed by atoms with E-state index < -0.39 is 5.82 Å². The summed E-state index contributed by atoms with van der Waals surface area (Å²) in [6.07, 6.45) is 2.31. The van der Waals surface area contributed by atoms with E-state index in [0.717, 1.165) is 22.3 Å². The van der Waals surface area contributed by atoms with Crippen LogP contribution in [-0.2, 0) is 0 Å². The zero-order chi connectivity index (χ0) is 26.8. The summed E-state index contributed by atoms with van der Waals surface area (Å²) in [5, 5.41) is 0. The highest BCUT2D eigenvalue weighted by atomic mass is 19.1. The number of aryl methyl sites for hydroxylation is 2. The molecular weight excluding hydrogens is 477 g/mol. The quantitative estimate of drug-likeness (QED) is 0.244. The fourth-order valence-electron chi connectivity index (χ4n) is 4.79. The van der Waals surface area contributed by atoms with Gasteiger partial charge in [0.2, 0.25) is 0 Å². The molecule has 0 bridgehead atoms. The molecule has 188 valence electrons. The first kappa shape index (κ1) is 25.4. The Kier molecular flexibility index (Phi) is 7.07. The molecule has 0 aliphatic heterocycles. The number of benzene rings is 4. The maximum atomic E-state index is 15.0. The molecule has 0 amide bonds. The Hall–Kier alpha value is -4.29. The van der Waals surface area contributed by atoms with Gasteiger partial charge in [-0.1, -0.05) is 90.2 Å². The summed E-state index contributed by atoms with van der Waals surface area (Å²) in [6.45, 7) is 5.73. The summed E-state index contributed by atoms with van der Waals surface area (Å²) in [5.41, 5.74) is 7.06. The van der Waals surface area contributed by atoms with Gasteiger partial charge in [0.15, 0.2) is 0 Å². The van der Waals surface area contributed by atoms with E-state index in [-0.39, 0.29) is 24.0 Å². The van der Waals surface area contributed by atoms with Gasteiger partial charge in [0, 0.05) is 29.0 Å². The molecule has 1 aliphatic rings. The molecule has 38 heavy (non-hydrogen) atoms. The zero-order valence-electron chi connectivity index (χ0n) is 21.6. The Labute approximate surface area is 222 Å². The summed E-state index contributed by atoms with van der Waals surface area (Å²) in [4.78, 5) is 0. The number of hydrogen-bond acceptors (Lipinski definition) is 0. The third-order valence-corrected chi connectivity index (χ3v) is 6.95. The van der Waals surface area contributed by atoms with Gasteiger partial charge in [-0.3, -0.25) is 0 Å². The molecule has 3 heteroatoms. The lowest BCUT2D eigenvalue weighted by Gasteiger charge is -2.20. The zero-order valence-corrected chi connectivity index (χ0v) is 21.6. The number of hydrogen-bond donors (Lipinski definition) is 0. The van der Waals surface area contributed by atoms with E-state index in [1.54, 1.807) is 42.5 Å². The lowest BCUT2D eigenvalue weighted by Crippen LogP contribution is -2.05. The molecule has 0 radical (unpaired) electrons. The molecular formula is C35H27F3. The monoisotopic (exact) mass is 504 g/mol. The molecule has 0 fully saturated rings. The van der Waals surface area contributed by atoms with Crippen molar-refractivity contribution in [1.29, 1.82) is 0 Å². The maximum absolute atomic E-state index is 15.0. The van der Waals surface area contributed by atoms with Crippen LogP contribution < -0.4 is 0 Å². The number of rotatable bonds is 3. The van der Waals surface area contributed by atoms with E-state index in [2.05, 4.69) is 11.8 Å². The van der Waals surface area contributed by atoms with Crippen molar-refractivity contribution in [1.82, 2.24) is 0 Å². The second-order valence-corrected chi connectivity index (χ2v) is 9.86. The molecule has 1 atom stereocenters. The van der Waals surface area contributed by atoms with Crippen molar-refractivity contribution < 1.29 is 13.2 Å². The smallest absolute Gasteiger partial charge is 0.132 e. The minimum absolute atomic E-state index is 0.0215. The van der Waals surface area contributed by atoms with Crippen LogP contribution in [0, 0.1) is 37.3 Å². The molecule has 0 aromatic heterocycles. The van der Waals surface area contributed by atoms with Gasteiger partial charge in [-0.15, -0.1) is 0 Å². The minimum Gasteiger partial charge on any atom is -0.210 e. The second kappa shape index (κ2) is 10.6. The molecule has 5 rings (SSSR count). The van der Waals surface area contributed by atoms with Crippen LogP contribution in [0.2, 0.25) is 0 Å². The third kappa shape index (κ3) is 5.36. The van der Waals surface area contributed by atoms with E-state index in [0.29, 0.717) is 27.8 Å². The molecule has 0 nitrogen and oxygen atoms in total. The molecule has 0 spiro atoms. The third-order valence-electron chi connectivity index (χ3n) is 6.95. The van der Waals surface area contributed by atoms with Crippen LogP contribution in [0.1, 0.15) is 41.5 Å². The van der Waals surface area contributed by atoms with Crippen molar-refractivity contribution >= 4 is 0 Å². The van der Waals surface area contributed by atoms with Gasteiger partial charge < -0.3 is 0 Å². The average molecular weight is 505 g/mol. The van der Waals surface area contributed by atoms with E-state index in [1.807, 2.05) is 57.2 Å². The van der Waals surface area contributed by atoms with Crippen molar-refractivity contribution in [3.05, 3.63) is 142 Å². The standard InChI is InChI=1S/C35H27F3/c1-22-4-9-26(10-5-22)29-19-24(3)30(35(38)21-29)16-7-25-8-17-32(34(37)20-25)28-13-11-27(12-14-28)31-15-6-23(2)18-33(31)36/h4-6,8-15,17-20,29H,21H2,1-3H3. The normalized spacial score (nSPS) is 15.1. The van der Waals surface area contributed by atoms with Crippen LogP contribution in [0.3, 0.4) is 0 Å². The molecule has 0 N–H and O–H groups in total. The first-order valence-corrected chi connectivity index (χ1v) is 12.6. The molecule has 0 saturated carbocycles. The van der Waals surface area contributed by atoms with Gasteiger partial charge in [-0.05, 0) is 66.8 Å². The Bertz CT molecular complexity index is 1630. The first-order chi connectivity index (χ1) is 18.3. The Morgan fingerprint density at radius 2 is 1.21 bits per heavy atom. The van der Waals surface area contributed by atoms with Gasteiger partial charge in [0.25, 0.3) is 0 Å². The van der Waals surface area contributed by atoms with Crippen molar-refractivity contribution in [2.75, 3.05) is 0 Å². The Balaban J connectivity index is 1.34. The van der Waals surface area contributed by atoms with Gasteiger partial charge in [-0.2, -0.15) is 0 Å². The molecule has 0 saturated heterocycles. The Morgan fingerprint density at radius 3 is 1.79 bits per heavy atom. The van der Waals surface area contributed by atoms with Crippen LogP contribution in [-0.4, -0.2) is 0 Å². The number of halogens is 3. The van der Waals surface area contributed by atoms with Crippen molar-refractivity contribution in [3.8, 4) is 34.1 Å². The van der Waals surface area contributed by atoms with E-state index >= 15 is 8.78 Å². The topological polar surface area (TPSA) is 0 Å². The summed E-state index contributed by atoms with van der Waals surface area (Å²) >= 11 is 0. The molecule has 1 unspecified atom stereocenters. The van der Waals surface area contributed by atoms with Crippen molar-refractivity contribution in [3.63, 3.8) is 0 Å². The largest absolute Gasteiger partial charge is 0.210 e. The van der Waals surface area contributed by atoms with Crippen molar-refractivity contribution in [2.24, 2.45) is 0 Å². The maximum Gasteiger partial charge on any atom is 0.132 e. The fraction of sp³-hybridized carbons (Fsp3) is 0.143. The van der Waals surface area contributed by atoms with Gasteiger partial charge in [0.05, 0.1) is 5.57 Å². The lowest BCUT2D eigenvalue weighted by molar-refractivity contribution is 0.556. The SMILES string of the molecule is CC1=CC(c2ccc(C)cc2)CC(F)=C1C#Cc1ccc(-c2ccc(-c3ccc(C)cc3F)cc2)c(F)c1. The first-order valence-electron chi connectivity index (χ1n) is 12.6. The summed E-state index contributed by atoms with van der Waals surface area (Å²) < 4.78 is 44.4. The number of allylic oxidation sites excluding steroid dienone is 4.